The minimum atomic E-state index is -0.0525. The van der Waals surface area contributed by atoms with Gasteiger partial charge in [-0.3, -0.25) is 14.8 Å². The van der Waals surface area contributed by atoms with Gasteiger partial charge in [0.25, 0.3) is 0 Å². The van der Waals surface area contributed by atoms with Crippen molar-refractivity contribution in [1.82, 2.24) is 19.9 Å². The molecule has 0 bridgehead atoms. The van der Waals surface area contributed by atoms with Gasteiger partial charge in [0.2, 0.25) is 5.91 Å². The lowest BCUT2D eigenvalue weighted by molar-refractivity contribution is -0.121. The van der Waals surface area contributed by atoms with Crippen molar-refractivity contribution in [2.45, 2.75) is 13.1 Å². The molecule has 0 aliphatic heterocycles. The zero-order chi connectivity index (χ0) is 17.1. The van der Waals surface area contributed by atoms with E-state index in [0.29, 0.717) is 6.54 Å². The van der Waals surface area contributed by atoms with Crippen molar-refractivity contribution in [2.24, 2.45) is 0 Å². The van der Waals surface area contributed by atoms with Crippen molar-refractivity contribution in [3.8, 4) is 11.3 Å². The van der Waals surface area contributed by atoms with Crippen LogP contribution in [0, 0.1) is 0 Å². The Morgan fingerprint density at radius 2 is 2.00 bits per heavy atom. The van der Waals surface area contributed by atoms with E-state index in [1.54, 1.807) is 23.7 Å². The summed E-state index contributed by atoms with van der Waals surface area (Å²) in [6.45, 7) is 0.638. The molecule has 0 saturated heterocycles. The number of nitrogens with zero attached hydrogens (tertiary/aromatic N) is 3. The average Bonchev–Trinajstić information content (AvgIpc) is 3.31. The van der Waals surface area contributed by atoms with Gasteiger partial charge in [0.1, 0.15) is 6.54 Å². The summed E-state index contributed by atoms with van der Waals surface area (Å²) in [6, 6.07) is 12.0. The van der Waals surface area contributed by atoms with Gasteiger partial charge in [0.05, 0.1) is 17.9 Å². The first-order valence-electron chi connectivity index (χ1n) is 7.94. The molecule has 124 valence electrons. The number of para-hydroxylation sites is 1. The van der Waals surface area contributed by atoms with Crippen LogP contribution in [-0.4, -0.2) is 20.4 Å². The summed E-state index contributed by atoms with van der Waals surface area (Å²) in [5.41, 5.74) is 3.66. The Hall–Kier alpha value is -2.99. The Morgan fingerprint density at radius 1 is 1.12 bits per heavy atom. The molecule has 6 heteroatoms. The predicted molar refractivity (Wildman–Crippen MR) is 99.1 cm³/mol. The summed E-state index contributed by atoms with van der Waals surface area (Å²) in [5, 5.41) is 8.11. The molecule has 0 aliphatic carbocycles. The van der Waals surface area contributed by atoms with Crippen LogP contribution in [-0.2, 0) is 17.9 Å². The van der Waals surface area contributed by atoms with E-state index in [9.17, 15) is 4.79 Å². The number of nitrogens with one attached hydrogen (secondary N) is 1. The number of fused-ring (bicyclic) bond motifs is 1. The zero-order valence-corrected chi connectivity index (χ0v) is 14.2. The Labute approximate surface area is 149 Å². The number of thiophene rings is 1. The molecule has 0 saturated carbocycles. The number of rotatable bonds is 5. The first-order chi connectivity index (χ1) is 12.3. The molecule has 4 rings (SSSR count). The minimum absolute atomic E-state index is 0.0525. The standard InChI is InChI=1S/C19H16N4OS/c24-18(12-23-9-5-14-3-1-2-4-17(14)23)22-11-16-19(21-8-7-20-16)15-6-10-25-13-15/h1-10,13H,11-12H2,(H,22,24). The van der Waals surface area contributed by atoms with E-state index in [1.807, 2.05) is 57.9 Å². The van der Waals surface area contributed by atoms with E-state index >= 15 is 0 Å². The van der Waals surface area contributed by atoms with Crippen LogP contribution in [0.4, 0.5) is 0 Å². The Bertz CT molecular complexity index is 1010. The monoisotopic (exact) mass is 348 g/mol. The van der Waals surface area contributed by atoms with Gasteiger partial charge in [-0.15, -0.1) is 0 Å². The van der Waals surface area contributed by atoms with Crippen LogP contribution in [0.15, 0.2) is 65.7 Å². The summed E-state index contributed by atoms with van der Waals surface area (Å²) in [5.74, 6) is -0.0525. The fourth-order valence-electron chi connectivity index (χ4n) is 2.81. The average molecular weight is 348 g/mol. The topological polar surface area (TPSA) is 59.8 Å². The van der Waals surface area contributed by atoms with Crippen LogP contribution < -0.4 is 5.32 Å². The second kappa shape index (κ2) is 6.86. The molecule has 3 heterocycles. The van der Waals surface area contributed by atoms with Gasteiger partial charge in [0, 0.05) is 35.1 Å². The highest BCUT2D eigenvalue weighted by Crippen LogP contribution is 2.22. The fourth-order valence-corrected chi connectivity index (χ4v) is 3.45. The van der Waals surface area contributed by atoms with Crippen molar-refractivity contribution >= 4 is 28.1 Å². The normalized spacial score (nSPS) is 10.9. The maximum Gasteiger partial charge on any atom is 0.240 e. The molecule has 3 aromatic heterocycles. The van der Waals surface area contributed by atoms with Gasteiger partial charge >= 0.3 is 0 Å². The number of carbonyl (C=O) groups is 1. The largest absolute Gasteiger partial charge is 0.349 e. The molecular weight excluding hydrogens is 332 g/mol. The van der Waals surface area contributed by atoms with E-state index in [1.165, 1.54) is 0 Å². The van der Waals surface area contributed by atoms with E-state index in [0.717, 1.165) is 27.9 Å². The second-order valence-corrected chi connectivity index (χ2v) is 6.42. The Morgan fingerprint density at radius 3 is 2.88 bits per heavy atom. The lowest BCUT2D eigenvalue weighted by atomic mass is 10.2. The third-order valence-electron chi connectivity index (χ3n) is 4.02. The van der Waals surface area contributed by atoms with E-state index in [2.05, 4.69) is 15.3 Å². The number of aromatic nitrogens is 3. The van der Waals surface area contributed by atoms with Crippen molar-refractivity contribution in [1.29, 1.82) is 0 Å². The molecule has 0 atom stereocenters. The van der Waals surface area contributed by atoms with Crippen LogP contribution in [0.3, 0.4) is 0 Å². The van der Waals surface area contributed by atoms with Crippen molar-refractivity contribution in [2.75, 3.05) is 0 Å². The lowest BCUT2D eigenvalue weighted by Crippen LogP contribution is -2.27. The molecule has 0 spiro atoms. The SMILES string of the molecule is O=C(Cn1ccc2ccccc21)NCc1nccnc1-c1ccsc1. The summed E-state index contributed by atoms with van der Waals surface area (Å²) in [6.07, 6.45) is 5.25. The molecule has 25 heavy (non-hydrogen) atoms. The zero-order valence-electron chi connectivity index (χ0n) is 13.4. The Balaban J connectivity index is 1.46. The van der Waals surface area contributed by atoms with Gasteiger partial charge in [-0.2, -0.15) is 11.3 Å². The first kappa shape index (κ1) is 15.5. The number of hydrogen-bond donors (Lipinski definition) is 1. The molecule has 0 unspecified atom stereocenters. The molecule has 1 amide bonds. The number of benzene rings is 1. The maximum atomic E-state index is 12.3. The summed E-state index contributed by atoms with van der Waals surface area (Å²) in [7, 11) is 0. The van der Waals surface area contributed by atoms with Crippen molar-refractivity contribution in [3.63, 3.8) is 0 Å². The number of carbonyl (C=O) groups excluding carboxylic acids is 1. The second-order valence-electron chi connectivity index (χ2n) is 5.64. The van der Waals surface area contributed by atoms with Crippen molar-refractivity contribution < 1.29 is 4.79 Å². The van der Waals surface area contributed by atoms with Gasteiger partial charge in [-0.05, 0) is 29.0 Å². The highest BCUT2D eigenvalue weighted by Gasteiger charge is 2.11. The van der Waals surface area contributed by atoms with Crippen LogP contribution >= 0.6 is 11.3 Å². The molecule has 0 radical (unpaired) electrons. The van der Waals surface area contributed by atoms with Gasteiger partial charge in [-0.1, -0.05) is 18.2 Å². The molecule has 4 aromatic rings. The highest BCUT2D eigenvalue weighted by atomic mass is 32.1. The molecule has 0 fully saturated rings. The third kappa shape index (κ3) is 3.29. The van der Waals surface area contributed by atoms with Gasteiger partial charge in [0.15, 0.2) is 0 Å². The predicted octanol–water partition coefficient (Wildman–Crippen LogP) is 3.48. The maximum absolute atomic E-state index is 12.3. The van der Waals surface area contributed by atoms with Crippen LogP contribution in [0.1, 0.15) is 5.69 Å². The molecule has 1 aromatic carbocycles. The van der Waals surface area contributed by atoms with Gasteiger partial charge < -0.3 is 9.88 Å². The highest BCUT2D eigenvalue weighted by molar-refractivity contribution is 7.08. The van der Waals surface area contributed by atoms with E-state index in [4.69, 9.17) is 0 Å². The van der Waals surface area contributed by atoms with Crippen LogP contribution in [0.5, 0.6) is 0 Å². The number of amides is 1. The fraction of sp³-hybridized carbons (Fsp3) is 0.105. The molecule has 1 N–H and O–H groups in total. The van der Waals surface area contributed by atoms with E-state index in [-0.39, 0.29) is 12.5 Å². The number of hydrogen-bond acceptors (Lipinski definition) is 4. The summed E-state index contributed by atoms with van der Waals surface area (Å²) >= 11 is 1.61. The Kier molecular flexibility index (Phi) is 4.26. The van der Waals surface area contributed by atoms with Gasteiger partial charge in [-0.25, -0.2) is 0 Å². The third-order valence-corrected chi connectivity index (χ3v) is 4.70. The molecule has 5 nitrogen and oxygen atoms in total. The molecular formula is C19H16N4OS. The van der Waals surface area contributed by atoms with Crippen LogP contribution in [0.2, 0.25) is 0 Å². The smallest absolute Gasteiger partial charge is 0.240 e. The summed E-state index contributed by atoms with van der Waals surface area (Å²) in [4.78, 5) is 21.1. The van der Waals surface area contributed by atoms with E-state index < -0.39 is 0 Å². The minimum Gasteiger partial charge on any atom is -0.349 e. The molecule has 0 aliphatic rings. The first-order valence-corrected chi connectivity index (χ1v) is 8.88. The quantitative estimate of drug-likeness (QED) is 0.601. The summed E-state index contributed by atoms with van der Waals surface area (Å²) < 4.78 is 1.95. The van der Waals surface area contributed by atoms with Crippen molar-refractivity contribution in [3.05, 3.63) is 71.4 Å². The van der Waals surface area contributed by atoms with Crippen LogP contribution in [0.25, 0.3) is 22.2 Å². The lowest BCUT2D eigenvalue weighted by Gasteiger charge is -2.09.